The van der Waals surface area contributed by atoms with Crippen molar-refractivity contribution in [3.05, 3.63) is 100 Å². The molecule has 1 heterocycles. The van der Waals surface area contributed by atoms with Crippen molar-refractivity contribution in [3.8, 4) is 0 Å². The maximum Gasteiger partial charge on any atom is 0.337 e. The quantitative estimate of drug-likeness (QED) is 0.493. The molecule has 0 radical (unpaired) electrons. The van der Waals surface area contributed by atoms with Gasteiger partial charge in [0.25, 0.3) is 5.91 Å². The Balaban J connectivity index is 1.43. The number of amides is 2. The van der Waals surface area contributed by atoms with Gasteiger partial charge in [0.15, 0.2) is 0 Å². The Labute approximate surface area is 200 Å². The summed E-state index contributed by atoms with van der Waals surface area (Å²) in [7, 11) is 1.32. The Hall–Kier alpha value is -3.29. The fraction of sp³-hybridized carbons (Fsp3) is 0.160. The molecule has 0 aliphatic carbocycles. The van der Waals surface area contributed by atoms with Crippen molar-refractivity contribution in [1.29, 1.82) is 0 Å². The molecule has 0 aromatic heterocycles. The average Bonchev–Trinajstić information content (AvgIpc) is 3.20. The first-order chi connectivity index (χ1) is 15.9. The van der Waals surface area contributed by atoms with Crippen molar-refractivity contribution in [2.24, 2.45) is 0 Å². The number of hydrogen-bond acceptors (Lipinski definition) is 5. The number of nitrogens with one attached hydrogen (secondary N) is 1. The van der Waals surface area contributed by atoms with E-state index < -0.39 is 5.97 Å². The van der Waals surface area contributed by atoms with Crippen LogP contribution in [-0.2, 0) is 16.1 Å². The van der Waals surface area contributed by atoms with Crippen LogP contribution in [-0.4, -0.2) is 35.5 Å². The van der Waals surface area contributed by atoms with Gasteiger partial charge in [0.05, 0.1) is 18.4 Å². The number of carbonyl (C=O) groups excluding carboxylic acids is 3. The molecule has 1 saturated heterocycles. The standard InChI is InChI=1S/C25H21ClN2O4S/c1-32-25(31)19-8-12-21(13-9-19)27-23(30)17-4-6-18(7-5-17)24-28(22(29)15-33-24)14-16-2-10-20(26)11-3-16/h2-13,24H,14-15H2,1H3,(H,27,30)/t24-/m0/s1. The zero-order valence-electron chi connectivity index (χ0n) is 17.8. The van der Waals surface area contributed by atoms with E-state index in [1.54, 1.807) is 48.2 Å². The topological polar surface area (TPSA) is 75.7 Å². The molecule has 0 saturated carbocycles. The normalized spacial score (nSPS) is 15.4. The highest BCUT2D eigenvalue weighted by molar-refractivity contribution is 8.00. The summed E-state index contributed by atoms with van der Waals surface area (Å²) in [4.78, 5) is 38.5. The van der Waals surface area contributed by atoms with Crippen LogP contribution in [0.2, 0.25) is 5.02 Å². The van der Waals surface area contributed by atoms with E-state index >= 15 is 0 Å². The van der Waals surface area contributed by atoms with Gasteiger partial charge in [-0.25, -0.2) is 4.79 Å². The van der Waals surface area contributed by atoms with Gasteiger partial charge in [0.1, 0.15) is 5.37 Å². The van der Waals surface area contributed by atoms with Gasteiger partial charge in [-0.1, -0.05) is 35.9 Å². The molecule has 1 atom stereocenters. The summed E-state index contributed by atoms with van der Waals surface area (Å²) in [5.74, 6) is -0.197. The Morgan fingerprint density at radius 1 is 1.00 bits per heavy atom. The number of ether oxygens (including phenoxy) is 1. The first-order valence-corrected chi connectivity index (χ1v) is 11.6. The van der Waals surface area contributed by atoms with Gasteiger partial charge in [0.2, 0.25) is 5.91 Å². The maximum atomic E-state index is 12.6. The molecule has 1 aliphatic heterocycles. The van der Waals surface area contributed by atoms with Crippen molar-refractivity contribution in [2.45, 2.75) is 11.9 Å². The highest BCUT2D eigenvalue weighted by atomic mass is 35.5. The second-order valence-corrected chi connectivity index (χ2v) is 8.96. The summed E-state index contributed by atoms with van der Waals surface area (Å²) in [6.45, 7) is 0.497. The van der Waals surface area contributed by atoms with Crippen LogP contribution in [0.3, 0.4) is 0 Å². The minimum atomic E-state index is -0.433. The first-order valence-electron chi connectivity index (χ1n) is 10.2. The SMILES string of the molecule is COC(=O)c1ccc(NC(=O)c2ccc([C@@H]3SCC(=O)N3Cc3ccc(Cl)cc3)cc2)cc1. The lowest BCUT2D eigenvalue weighted by Crippen LogP contribution is -2.27. The van der Waals surface area contributed by atoms with Gasteiger partial charge in [-0.3, -0.25) is 9.59 Å². The molecule has 0 bridgehead atoms. The number of methoxy groups -OCH3 is 1. The van der Waals surface area contributed by atoms with E-state index in [4.69, 9.17) is 11.6 Å². The number of carbonyl (C=O) groups is 3. The van der Waals surface area contributed by atoms with Gasteiger partial charge >= 0.3 is 5.97 Å². The molecule has 2 amide bonds. The summed E-state index contributed by atoms with van der Waals surface area (Å²) in [5, 5.41) is 3.36. The van der Waals surface area contributed by atoms with E-state index in [0.717, 1.165) is 11.1 Å². The van der Waals surface area contributed by atoms with Gasteiger partial charge < -0.3 is 15.0 Å². The average molecular weight is 481 g/mol. The van der Waals surface area contributed by atoms with Crippen molar-refractivity contribution in [2.75, 3.05) is 18.2 Å². The lowest BCUT2D eigenvalue weighted by molar-refractivity contribution is -0.128. The Kier molecular flexibility index (Phi) is 7.01. The van der Waals surface area contributed by atoms with Gasteiger partial charge in [-0.2, -0.15) is 0 Å². The van der Waals surface area contributed by atoms with E-state index in [9.17, 15) is 14.4 Å². The Morgan fingerprint density at radius 3 is 2.27 bits per heavy atom. The maximum absolute atomic E-state index is 12.6. The summed E-state index contributed by atoms with van der Waals surface area (Å²) in [6, 6.07) is 21.2. The van der Waals surface area contributed by atoms with E-state index in [-0.39, 0.29) is 17.2 Å². The van der Waals surface area contributed by atoms with Crippen LogP contribution in [0, 0.1) is 0 Å². The number of esters is 1. The molecule has 0 unspecified atom stereocenters. The summed E-state index contributed by atoms with van der Waals surface area (Å²) in [5.41, 5.74) is 3.44. The highest BCUT2D eigenvalue weighted by Gasteiger charge is 2.32. The van der Waals surface area contributed by atoms with Crippen LogP contribution in [0.15, 0.2) is 72.8 Å². The van der Waals surface area contributed by atoms with Crippen molar-refractivity contribution >= 4 is 46.8 Å². The van der Waals surface area contributed by atoms with E-state index in [0.29, 0.717) is 34.1 Å². The third-order valence-corrected chi connectivity index (χ3v) is 6.76. The number of benzene rings is 3. The molecule has 0 spiro atoms. The zero-order chi connectivity index (χ0) is 23.4. The lowest BCUT2D eigenvalue weighted by Gasteiger charge is -2.24. The number of halogens is 1. The molecule has 1 aliphatic rings. The minimum Gasteiger partial charge on any atom is -0.465 e. The van der Waals surface area contributed by atoms with Gasteiger partial charge in [-0.15, -0.1) is 11.8 Å². The second kappa shape index (κ2) is 10.1. The molecule has 1 fully saturated rings. The number of rotatable bonds is 6. The Morgan fingerprint density at radius 2 is 1.64 bits per heavy atom. The molecule has 6 nitrogen and oxygen atoms in total. The van der Waals surface area contributed by atoms with Crippen LogP contribution in [0.5, 0.6) is 0 Å². The number of thioether (sulfide) groups is 1. The largest absolute Gasteiger partial charge is 0.465 e. The zero-order valence-corrected chi connectivity index (χ0v) is 19.4. The third-order valence-electron chi connectivity index (χ3n) is 5.26. The molecule has 33 heavy (non-hydrogen) atoms. The third kappa shape index (κ3) is 5.38. The summed E-state index contributed by atoms with van der Waals surface area (Å²) in [6.07, 6.45) is 0. The predicted octanol–water partition coefficient (Wildman–Crippen LogP) is 5.15. The van der Waals surface area contributed by atoms with Crippen LogP contribution in [0.4, 0.5) is 5.69 Å². The fourth-order valence-corrected chi connectivity index (χ4v) is 4.81. The molecule has 3 aromatic rings. The van der Waals surface area contributed by atoms with Crippen LogP contribution in [0.25, 0.3) is 0 Å². The minimum absolute atomic E-state index is 0.0807. The molecule has 168 valence electrons. The second-order valence-electron chi connectivity index (χ2n) is 7.46. The number of hydrogen-bond donors (Lipinski definition) is 1. The van der Waals surface area contributed by atoms with E-state index in [1.165, 1.54) is 7.11 Å². The highest BCUT2D eigenvalue weighted by Crippen LogP contribution is 2.39. The molecular formula is C25H21ClN2O4S. The van der Waals surface area contributed by atoms with Crippen LogP contribution >= 0.6 is 23.4 Å². The molecule has 3 aromatic carbocycles. The van der Waals surface area contributed by atoms with Crippen LogP contribution < -0.4 is 5.32 Å². The smallest absolute Gasteiger partial charge is 0.337 e. The van der Waals surface area contributed by atoms with Gasteiger partial charge in [-0.05, 0) is 59.7 Å². The summed E-state index contributed by atoms with van der Waals surface area (Å²) >= 11 is 7.53. The Bertz CT molecular complexity index is 1160. The molecule has 4 rings (SSSR count). The molecule has 1 N–H and O–H groups in total. The molecule has 8 heteroatoms. The number of nitrogens with zero attached hydrogens (tertiary/aromatic N) is 1. The monoisotopic (exact) mass is 480 g/mol. The van der Waals surface area contributed by atoms with E-state index in [1.807, 2.05) is 41.3 Å². The van der Waals surface area contributed by atoms with E-state index in [2.05, 4.69) is 10.1 Å². The summed E-state index contributed by atoms with van der Waals surface area (Å²) < 4.78 is 4.67. The van der Waals surface area contributed by atoms with Crippen LogP contribution in [0.1, 0.15) is 37.2 Å². The van der Waals surface area contributed by atoms with Gasteiger partial charge in [0, 0.05) is 22.8 Å². The number of anilines is 1. The lowest BCUT2D eigenvalue weighted by atomic mass is 10.1. The van der Waals surface area contributed by atoms with Crippen molar-refractivity contribution in [1.82, 2.24) is 4.90 Å². The fourth-order valence-electron chi connectivity index (χ4n) is 3.50. The van der Waals surface area contributed by atoms with Crippen molar-refractivity contribution < 1.29 is 19.1 Å². The first kappa shape index (κ1) is 22.9. The van der Waals surface area contributed by atoms with Crippen molar-refractivity contribution in [3.63, 3.8) is 0 Å². The predicted molar refractivity (Wildman–Crippen MR) is 129 cm³/mol. The molecular weight excluding hydrogens is 460 g/mol.